The topological polar surface area (TPSA) is 64.1 Å². The lowest BCUT2D eigenvalue weighted by Gasteiger charge is -2.18. The van der Waals surface area contributed by atoms with Crippen LogP contribution in [0.15, 0.2) is 36.8 Å². The van der Waals surface area contributed by atoms with Gasteiger partial charge in [-0.05, 0) is 30.0 Å². The van der Waals surface area contributed by atoms with Crippen molar-refractivity contribution in [2.24, 2.45) is 11.7 Å². The average molecular weight is 259 g/mol. The summed E-state index contributed by atoms with van der Waals surface area (Å²) in [6.45, 7) is 4.38. The molecule has 0 radical (unpaired) electrons. The molecular formula is C15H21N3O. The molecule has 19 heavy (non-hydrogen) atoms. The van der Waals surface area contributed by atoms with E-state index in [1.807, 2.05) is 35.0 Å². The predicted octanol–water partition coefficient (Wildman–Crippen LogP) is 2.06. The summed E-state index contributed by atoms with van der Waals surface area (Å²) in [6.07, 6.45) is 4.30. The summed E-state index contributed by atoms with van der Waals surface area (Å²) in [5.41, 5.74) is 9.40. The summed E-state index contributed by atoms with van der Waals surface area (Å²) >= 11 is 0. The highest BCUT2D eigenvalue weighted by Crippen LogP contribution is 2.22. The van der Waals surface area contributed by atoms with Crippen LogP contribution in [0.2, 0.25) is 0 Å². The number of nitrogens with two attached hydrogens (primary N) is 1. The number of aliphatic hydroxyl groups is 1. The van der Waals surface area contributed by atoms with Crippen LogP contribution in [0.1, 0.15) is 31.1 Å². The molecular weight excluding hydrogens is 238 g/mol. The number of aromatic nitrogens is 2. The summed E-state index contributed by atoms with van der Waals surface area (Å²) in [5, 5.41) is 8.92. The van der Waals surface area contributed by atoms with E-state index in [1.165, 1.54) is 0 Å². The Hall–Kier alpha value is -1.65. The van der Waals surface area contributed by atoms with Gasteiger partial charge in [-0.2, -0.15) is 0 Å². The summed E-state index contributed by atoms with van der Waals surface area (Å²) in [5.74, 6) is 0.365. The Morgan fingerprint density at radius 1 is 1.26 bits per heavy atom. The molecule has 0 spiro atoms. The zero-order chi connectivity index (χ0) is 13.8. The second-order valence-electron chi connectivity index (χ2n) is 5.10. The largest absolute Gasteiger partial charge is 0.396 e. The fourth-order valence-corrected chi connectivity index (χ4v) is 2.06. The Labute approximate surface area is 113 Å². The molecule has 0 fully saturated rings. The first-order chi connectivity index (χ1) is 9.13. The normalized spacial score (nSPS) is 12.9. The van der Waals surface area contributed by atoms with Gasteiger partial charge in [-0.15, -0.1) is 0 Å². The van der Waals surface area contributed by atoms with Crippen molar-refractivity contribution in [3.05, 3.63) is 48.0 Å². The standard InChI is InChI=1S/C15H21N3O/c1-11(2)15(16)14-9-17-10-18(14)13-5-3-12(4-6-13)7-8-19/h3-6,9-11,15,19H,7-8,16H2,1-2H3. The maximum Gasteiger partial charge on any atom is 0.0994 e. The molecule has 0 bridgehead atoms. The predicted molar refractivity (Wildman–Crippen MR) is 76.1 cm³/mol. The third-order valence-electron chi connectivity index (χ3n) is 3.34. The Morgan fingerprint density at radius 3 is 2.53 bits per heavy atom. The van der Waals surface area contributed by atoms with Gasteiger partial charge >= 0.3 is 0 Å². The first-order valence-electron chi connectivity index (χ1n) is 6.61. The minimum Gasteiger partial charge on any atom is -0.396 e. The number of hydrogen-bond donors (Lipinski definition) is 2. The zero-order valence-corrected chi connectivity index (χ0v) is 11.5. The minimum atomic E-state index is -0.0281. The third-order valence-corrected chi connectivity index (χ3v) is 3.34. The van der Waals surface area contributed by atoms with Gasteiger partial charge in [-0.3, -0.25) is 0 Å². The van der Waals surface area contributed by atoms with Gasteiger partial charge in [0, 0.05) is 18.3 Å². The van der Waals surface area contributed by atoms with Gasteiger partial charge in [0.25, 0.3) is 0 Å². The van der Waals surface area contributed by atoms with Crippen LogP contribution in [0.5, 0.6) is 0 Å². The van der Waals surface area contributed by atoms with E-state index in [9.17, 15) is 0 Å². The molecule has 4 heteroatoms. The zero-order valence-electron chi connectivity index (χ0n) is 11.5. The van der Waals surface area contributed by atoms with Crippen LogP contribution in [-0.2, 0) is 6.42 Å². The number of hydrogen-bond acceptors (Lipinski definition) is 3. The quantitative estimate of drug-likeness (QED) is 0.864. The number of benzene rings is 1. The van der Waals surface area contributed by atoms with E-state index >= 15 is 0 Å². The average Bonchev–Trinajstić information content (AvgIpc) is 2.88. The first-order valence-corrected chi connectivity index (χ1v) is 6.61. The van der Waals surface area contributed by atoms with Crippen molar-refractivity contribution >= 4 is 0 Å². The van der Waals surface area contributed by atoms with Gasteiger partial charge in [0.15, 0.2) is 0 Å². The molecule has 1 heterocycles. The molecule has 0 saturated heterocycles. The SMILES string of the molecule is CC(C)C(N)c1cncn1-c1ccc(CCO)cc1. The molecule has 1 atom stereocenters. The minimum absolute atomic E-state index is 0.0281. The monoisotopic (exact) mass is 259 g/mol. The highest BCUT2D eigenvalue weighted by atomic mass is 16.2. The van der Waals surface area contributed by atoms with Gasteiger partial charge in [-0.25, -0.2) is 4.98 Å². The van der Waals surface area contributed by atoms with Gasteiger partial charge in [-0.1, -0.05) is 26.0 Å². The van der Waals surface area contributed by atoms with Crippen LogP contribution in [-0.4, -0.2) is 21.3 Å². The van der Waals surface area contributed by atoms with E-state index in [-0.39, 0.29) is 12.6 Å². The molecule has 0 aliphatic carbocycles. The lowest BCUT2D eigenvalue weighted by atomic mass is 10.0. The Kier molecular flexibility index (Phi) is 4.35. The second-order valence-corrected chi connectivity index (χ2v) is 5.10. The van der Waals surface area contributed by atoms with E-state index in [0.717, 1.165) is 16.9 Å². The van der Waals surface area contributed by atoms with E-state index in [1.54, 1.807) is 6.33 Å². The molecule has 0 saturated carbocycles. The van der Waals surface area contributed by atoms with Crippen molar-refractivity contribution in [2.75, 3.05) is 6.61 Å². The van der Waals surface area contributed by atoms with E-state index in [0.29, 0.717) is 12.3 Å². The maximum atomic E-state index is 8.92. The molecule has 0 aliphatic heterocycles. The molecule has 3 N–H and O–H groups in total. The van der Waals surface area contributed by atoms with Gasteiger partial charge < -0.3 is 15.4 Å². The first kappa shape index (κ1) is 13.8. The highest BCUT2D eigenvalue weighted by Gasteiger charge is 2.15. The van der Waals surface area contributed by atoms with Gasteiger partial charge in [0.2, 0.25) is 0 Å². The number of rotatable bonds is 5. The Bertz CT molecular complexity index is 516. The number of nitrogens with zero attached hydrogens (tertiary/aromatic N) is 2. The van der Waals surface area contributed by atoms with Crippen LogP contribution in [0.4, 0.5) is 0 Å². The van der Waals surface area contributed by atoms with E-state index in [2.05, 4.69) is 18.8 Å². The van der Waals surface area contributed by atoms with Crippen LogP contribution < -0.4 is 5.73 Å². The molecule has 4 nitrogen and oxygen atoms in total. The van der Waals surface area contributed by atoms with E-state index in [4.69, 9.17) is 10.8 Å². The van der Waals surface area contributed by atoms with Crippen molar-refractivity contribution in [3.63, 3.8) is 0 Å². The Morgan fingerprint density at radius 2 is 1.95 bits per heavy atom. The summed E-state index contributed by atoms with van der Waals surface area (Å²) in [6, 6.07) is 8.08. The molecule has 1 aromatic heterocycles. The van der Waals surface area contributed by atoms with Gasteiger partial charge in [0.05, 0.1) is 18.2 Å². The fourth-order valence-electron chi connectivity index (χ4n) is 2.06. The molecule has 1 unspecified atom stereocenters. The lowest BCUT2D eigenvalue weighted by molar-refractivity contribution is 0.299. The molecule has 0 amide bonds. The molecule has 1 aromatic carbocycles. The third kappa shape index (κ3) is 3.03. The van der Waals surface area contributed by atoms with Crippen LogP contribution in [0.25, 0.3) is 5.69 Å². The fraction of sp³-hybridized carbons (Fsp3) is 0.400. The van der Waals surface area contributed by atoms with Gasteiger partial charge in [0.1, 0.15) is 0 Å². The lowest BCUT2D eigenvalue weighted by Crippen LogP contribution is -2.19. The number of imidazole rings is 1. The van der Waals surface area contributed by atoms with Crippen molar-refractivity contribution < 1.29 is 5.11 Å². The van der Waals surface area contributed by atoms with Crippen LogP contribution in [0.3, 0.4) is 0 Å². The molecule has 102 valence electrons. The van der Waals surface area contributed by atoms with Crippen LogP contribution >= 0.6 is 0 Å². The highest BCUT2D eigenvalue weighted by molar-refractivity contribution is 5.37. The van der Waals surface area contributed by atoms with Crippen molar-refractivity contribution in [2.45, 2.75) is 26.3 Å². The molecule has 2 aromatic rings. The van der Waals surface area contributed by atoms with Crippen molar-refractivity contribution in [1.29, 1.82) is 0 Å². The smallest absolute Gasteiger partial charge is 0.0994 e. The molecule has 0 aliphatic rings. The van der Waals surface area contributed by atoms with Crippen molar-refractivity contribution in [1.82, 2.24) is 9.55 Å². The summed E-state index contributed by atoms with van der Waals surface area (Å²) in [4.78, 5) is 4.20. The van der Waals surface area contributed by atoms with Crippen molar-refractivity contribution in [3.8, 4) is 5.69 Å². The summed E-state index contributed by atoms with van der Waals surface area (Å²) in [7, 11) is 0. The van der Waals surface area contributed by atoms with Crippen LogP contribution in [0, 0.1) is 5.92 Å². The number of aliphatic hydroxyl groups excluding tert-OH is 1. The molecule has 2 rings (SSSR count). The second kappa shape index (κ2) is 5.99. The van der Waals surface area contributed by atoms with E-state index < -0.39 is 0 Å². The Balaban J connectivity index is 2.29. The maximum absolute atomic E-state index is 8.92. The summed E-state index contributed by atoms with van der Waals surface area (Å²) < 4.78 is 2.02.